The van der Waals surface area contributed by atoms with Gasteiger partial charge in [-0.25, -0.2) is 10.0 Å². The van der Waals surface area contributed by atoms with Gasteiger partial charge in [-0.1, -0.05) is 55.3 Å². The van der Waals surface area contributed by atoms with E-state index in [2.05, 4.69) is 28.8 Å². The highest BCUT2D eigenvalue weighted by molar-refractivity contribution is 5.94. The van der Waals surface area contributed by atoms with E-state index < -0.39 is 33.8 Å². The molecule has 2 aromatic rings. The molecule has 0 spiro atoms. The molecule has 3 rings (SSSR count). The Labute approximate surface area is 235 Å². The number of aryl methyl sites for hydroxylation is 2. The highest BCUT2D eigenvalue weighted by atomic mass is 16.6. The van der Waals surface area contributed by atoms with Gasteiger partial charge in [0.1, 0.15) is 24.3 Å². The van der Waals surface area contributed by atoms with Crippen molar-refractivity contribution in [2.45, 2.75) is 65.0 Å². The van der Waals surface area contributed by atoms with Crippen molar-refractivity contribution < 1.29 is 33.8 Å². The van der Waals surface area contributed by atoms with Gasteiger partial charge >= 0.3 is 5.91 Å². The van der Waals surface area contributed by atoms with Crippen LogP contribution in [0.1, 0.15) is 55.4 Å². The number of nitrogens with zero attached hydrogens (tertiary/aromatic N) is 1. The van der Waals surface area contributed by atoms with Crippen LogP contribution in [0.4, 0.5) is 0 Å². The number of ether oxygens (including phenoxy) is 1. The first-order valence-electron chi connectivity index (χ1n) is 13.5. The van der Waals surface area contributed by atoms with E-state index in [9.17, 15) is 24.4 Å². The van der Waals surface area contributed by atoms with E-state index in [0.717, 1.165) is 16.7 Å². The summed E-state index contributed by atoms with van der Waals surface area (Å²) in [5, 5.41) is 16.5. The highest BCUT2D eigenvalue weighted by Gasteiger charge is 2.64. The zero-order valence-electron chi connectivity index (χ0n) is 24.0. The lowest BCUT2D eigenvalue weighted by atomic mass is 9.75. The largest absolute Gasteiger partial charge is 0.489 e. The van der Waals surface area contributed by atoms with Gasteiger partial charge in [0.15, 0.2) is 0 Å². The van der Waals surface area contributed by atoms with Crippen molar-refractivity contribution in [2.75, 3.05) is 20.1 Å². The molecule has 10 nitrogen and oxygen atoms in total. The van der Waals surface area contributed by atoms with Gasteiger partial charge < -0.3 is 21.1 Å². The first kappa shape index (κ1) is 30.8. The van der Waals surface area contributed by atoms with Crippen LogP contribution < -0.4 is 21.1 Å². The number of quaternary nitrogens is 1. The molecule has 1 aliphatic rings. The molecule has 1 fully saturated rings. The van der Waals surface area contributed by atoms with Crippen LogP contribution in [0.2, 0.25) is 0 Å². The standard InChI is InChI=1S/C30H40N4O6/c1-19(2)12-25(28(31)37)34(39)11-10-30(29(34)38,16-26(35)33-17-27(36)32-5)23-6-8-24(9-7-23)40-18-22-14-20(3)13-21(4)15-22/h6-9,13-15,19,25,39H,10-12,16-18H2,1-5H3,(H3-,31,32,33,35,36,37)/p+1. The summed E-state index contributed by atoms with van der Waals surface area (Å²) in [7, 11) is 1.45. The van der Waals surface area contributed by atoms with Crippen molar-refractivity contribution in [1.82, 2.24) is 10.6 Å². The highest BCUT2D eigenvalue weighted by Crippen LogP contribution is 2.44. The fourth-order valence-corrected chi connectivity index (χ4v) is 5.51. The van der Waals surface area contributed by atoms with Gasteiger partial charge in [-0.3, -0.25) is 14.4 Å². The lowest BCUT2D eigenvalue weighted by Crippen LogP contribution is -2.62. The number of rotatable bonds is 12. The zero-order chi connectivity index (χ0) is 29.7. The Morgan fingerprint density at radius 3 is 2.25 bits per heavy atom. The summed E-state index contributed by atoms with van der Waals surface area (Å²) in [6.07, 6.45) is 0.0153. The molecule has 0 aromatic heterocycles. The summed E-state index contributed by atoms with van der Waals surface area (Å²) >= 11 is 0. The van der Waals surface area contributed by atoms with Crippen LogP contribution in [0.5, 0.6) is 5.75 Å². The fraction of sp³-hybridized carbons (Fsp3) is 0.467. The third-order valence-corrected chi connectivity index (χ3v) is 7.46. The van der Waals surface area contributed by atoms with Crippen molar-refractivity contribution in [3.8, 4) is 5.75 Å². The molecule has 1 heterocycles. The average molecular weight is 554 g/mol. The predicted molar refractivity (Wildman–Crippen MR) is 149 cm³/mol. The van der Waals surface area contributed by atoms with Gasteiger partial charge in [-0.05, 0) is 43.0 Å². The topological polar surface area (TPSA) is 148 Å². The normalized spacial score (nSPS) is 21.2. The maximum atomic E-state index is 14.1. The van der Waals surface area contributed by atoms with E-state index in [1.807, 2.05) is 27.7 Å². The molecule has 1 saturated heterocycles. The minimum Gasteiger partial charge on any atom is -0.489 e. The van der Waals surface area contributed by atoms with Crippen molar-refractivity contribution in [1.29, 1.82) is 0 Å². The van der Waals surface area contributed by atoms with Gasteiger partial charge in [-0.2, -0.15) is 0 Å². The van der Waals surface area contributed by atoms with E-state index in [1.165, 1.54) is 7.05 Å². The van der Waals surface area contributed by atoms with Crippen molar-refractivity contribution in [3.63, 3.8) is 0 Å². The molecule has 0 aliphatic carbocycles. The first-order valence-corrected chi connectivity index (χ1v) is 13.5. The van der Waals surface area contributed by atoms with E-state index in [-0.39, 0.29) is 44.2 Å². The minimum absolute atomic E-state index is 0.00748. The molecule has 40 heavy (non-hydrogen) atoms. The fourth-order valence-electron chi connectivity index (χ4n) is 5.51. The number of nitrogens with one attached hydrogen (secondary N) is 2. The molecule has 4 amide bonds. The number of hydrogen-bond donors (Lipinski definition) is 4. The Kier molecular flexibility index (Phi) is 9.70. The Morgan fingerprint density at radius 2 is 1.70 bits per heavy atom. The summed E-state index contributed by atoms with van der Waals surface area (Å²) in [6.45, 7) is 7.83. The quantitative estimate of drug-likeness (QED) is 0.234. The first-order chi connectivity index (χ1) is 18.8. The Bertz CT molecular complexity index is 1240. The van der Waals surface area contributed by atoms with Gasteiger partial charge in [-0.15, -0.1) is 4.65 Å². The number of likely N-dealkylation sites (tertiary alicyclic amines) is 1. The van der Waals surface area contributed by atoms with Crippen molar-refractivity contribution in [3.05, 3.63) is 64.7 Å². The van der Waals surface area contributed by atoms with Gasteiger partial charge in [0, 0.05) is 26.3 Å². The molecule has 216 valence electrons. The van der Waals surface area contributed by atoms with Gasteiger partial charge in [0.2, 0.25) is 17.9 Å². The van der Waals surface area contributed by atoms with Crippen LogP contribution in [-0.4, -0.2) is 59.7 Å². The van der Waals surface area contributed by atoms with Crippen LogP contribution in [0.3, 0.4) is 0 Å². The Morgan fingerprint density at radius 1 is 1.07 bits per heavy atom. The van der Waals surface area contributed by atoms with E-state index in [0.29, 0.717) is 17.9 Å². The molecule has 3 unspecified atom stereocenters. The second-order valence-corrected chi connectivity index (χ2v) is 11.2. The summed E-state index contributed by atoms with van der Waals surface area (Å²) in [5.41, 5.74) is 8.04. The molecule has 1 aliphatic heterocycles. The predicted octanol–water partition coefficient (Wildman–Crippen LogP) is 2.41. The number of carbonyl (C=O) groups excluding carboxylic acids is 4. The van der Waals surface area contributed by atoms with Crippen LogP contribution in [-0.2, 0) is 31.2 Å². The number of benzene rings is 2. The number of primary amides is 1. The maximum absolute atomic E-state index is 14.1. The van der Waals surface area contributed by atoms with E-state index in [4.69, 9.17) is 10.5 Å². The maximum Gasteiger partial charge on any atom is 0.357 e. The second-order valence-electron chi connectivity index (χ2n) is 11.2. The lowest BCUT2D eigenvalue weighted by molar-refractivity contribution is -1.05. The zero-order valence-corrected chi connectivity index (χ0v) is 24.0. The average Bonchev–Trinajstić information content (AvgIpc) is 3.15. The molecule has 2 aromatic carbocycles. The number of nitrogens with two attached hydrogens (primary N) is 1. The number of hydrogen-bond acceptors (Lipinski definition) is 6. The van der Waals surface area contributed by atoms with Crippen LogP contribution in [0.25, 0.3) is 0 Å². The number of hydroxylamine groups is 3. The molecule has 10 heteroatoms. The Hall–Kier alpha value is -3.76. The van der Waals surface area contributed by atoms with Gasteiger partial charge in [0.25, 0.3) is 5.91 Å². The molecular formula is C30H41N4O6+. The summed E-state index contributed by atoms with van der Waals surface area (Å²) in [6, 6.07) is 11.9. The van der Waals surface area contributed by atoms with Crippen molar-refractivity contribution in [2.24, 2.45) is 11.7 Å². The van der Waals surface area contributed by atoms with Crippen LogP contribution >= 0.6 is 0 Å². The molecular weight excluding hydrogens is 512 g/mol. The second kappa shape index (κ2) is 12.6. The number of likely N-dealkylation sites (N-methyl/N-ethyl adjacent to an activating group) is 1. The summed E-state index contributed by atoms with van der Waals surface area (Å²) in [5.74, 6) is -1.79. The molecule has 5 N–H and O–H groups in total. The third-order valence-electron chi connectivity index (χ3n) is 7.46. The SMILES string of the molecule is CNC(=O)CNC(=O)CC1(c2ccc(OCc3cc(C)cc(C)c3)cc2)CC[N+](O)(C(CC(C)C)C(N)=O)C1=O. The van der Waals surface area contributed by atoms with Gasteiger partial charge in [0.05, 0.1) is 6.54 Å². The van der Waals surface area contributed by atoms with Crippen LogP contribution in [0.15, 0.2) is 42.5 Å². The molecule has 0 radical (unpaired) electrons. The smallest absolute Gasteiger partial charge is 0.357 e. The minimum atomic E-state index is -1.43. The van der Waals surface area contributed by atoms with Crippen molar-refractivity contribution >= 4 is 23.6 Å². The summed E-state index contributed by atoms with van der Waals surface area (Å²) in [4.78, 5) is 51.1. The number of carbonyl (C=O) groups is 4. The monoisotopic (exact) mass is 553 g/mol. The number of amides is 4. The Balaban J connectivity index is 1.92. The molecule has 3 atom stereocenters. The third kappa shape index (κ3) is 6.86. The molecule has 0 bridgehead atoms. The lowest BCUT2D eigenvalue weighted by Gasteiger charge is -2.33. The van der Waals surface area contributed by atoms with E-state index >= 15 is 0 Å². The van der Waals surface area contributed by atoms with Crippen LogP contribution in [0, 0.1) is 19.8 Å². The summed E-state index contributed by atoms with van der Waals surface area (Å²) < 4.78 is 4.80. The molecule has 0 saturated carbocycles. The van der Waals surface area contributed by atoms with E-state index in [1.54, 1.807) is 24.3 Å².